The molecular formula is C14H15N3. The first-order valence-corrected chi connectivity index (χ1v) is 5.82. The van der Waals surface area contributed by atoms with Crippen LogP contribution in [-0.2, 0) is 0 Å². The van der Waals surface area contributed by atoms with E-state index in [1.54, 1.807) is 0 Å². The summed E-state index contributed by atoms with van der Waals surface area (Å²) in [7, 11) is 0. The summed E-state index contributed by atoms with van der Waals surface area (Å²) in [4.78, 5) is 2.36. The maximum Gasteiger partial charge on any atom is 0.0966 e. The Bertz CT molecular complexity index is 453. The fourth-order valence-corrected chi connectivity index (χ4v) is 1.86. The summed E-state index contributed by atoms with van der Waals surface area (Å²) in [6.45, 7) is 4.20. The number of benzene rings is 1. The molecule has 1 fully saturated rings. The highest BCUT2D eigenvalue weighted by molar-refractivity contribution is 5.51. The molecule has 0 atom stereocenters. The summed E-state index contributed by atoms with van der Waals surface area (Å²) >= 11 is 0. The lowest BCUT2D eigenvalue weighted by atomic mass is 10.2. The first-order valence-electron chi connectivity index (χ1n) is 5.82. The van der Waals surface area contributed by atoms with Gasteiger partial charge in [-0.2, -0.15) is 5.26 Å². The van der Waals surface area contributed by atoms with Crippen molar-refractivity contribution in [3.8, 4) is 17.9 Å². The van der Waals surface area contributed by atoms with Gasteiger partial charge in [0.2, 0.25) is 0 Å². The van der Waals surface area contributed by atoms with Crippen molar-refractivity contribution in [3.63, 3.8) is 0 Å². The summed E-state index contributed by atoms with van der Waals surface area (Å²) in [5.41, 5.74) is 2.22. The van der Waals surface area contributed by atoms with Crippen LogP contribution in [0.3, 0.4) is 0 Å². The van der Waals surface area contributed by atoms with Gasteiger partial charge in [-0.1, -0.05) is 11.8 Å². The lowest BCUT2D eigenvalue weighted by Gasteiger charge is -2.29. The monoisotopic (exact) mass is 225 g/mol. The number of nitrogens with zero attached hydrogens (tertiary/aromatic N) is 2. The molecule has 1 saturated heterocycles. The molecule has 3 nitrogen and oxygen atoms in total. The number of hydrogen-bond donors (Lipinski definition) is 1. The minimum atomic E-state index is 0.291. The zero-order chi connectivity index (χ0) is 11.9. The Kier molecular flexibility index (Phi) is 4.02. The molecule has 0 amide bonds. The van der Waals surface area contributed by atoms with E-state index < -0.39 is 0 Å². The summed E-state index contributed by atoms with van der Waals surface area (Å²) < 4.78 is 0. The average molecular weight is 225 g/mol. The van der Waals surface area contributed by atoms with E-state index in [-0.39, 0.29) is 0 Å². The number of hydrogen-bond acceptors (Lipinski definition) is 3. The first kappa shape index (κ1) is 11.5. The third-order valence-electron chi connectivity index (χ3n) is 2.75. The molecule has 0 bridgehead atoms. The van der Waals surface area contributed by atoms with E-state index in [4.69, 9.17) is 5.26 Å². The first-order chi connectivity index (χ1) is 8.40. The van der Waals surface area contributed by atoms with Gasteiger partial charge in [0, 0.05) is 37.4 Å². The van der Waals surface area contributed by atoms with Crippen molar-refractivity contribution >= 4 is 5.69 Å². The maximum atomic E-state index is 8.39. The van der Waals surface area contributed by atoms with Gasteiger partial charge in [-0.3, -0.25) is 0 Å². The van der Waals surface area contributed by atoms with E-state index in [0.717, 1.165) is 31.7 Å². The van der Waals surface area contributed by atoms with Crippen molar-refractivity contribution < 1.29 is 0 Å². The summed E-state index contributed by atoms with van der Waals surface area (Å²) in [5, 5.41) is 11.7. The Morgan fingerprint density at radius 2 is 1.88 bits per heavy atom. The van der Waals surface area contributed by atoms with Gasteiger partial charge < -0.3 is 10.2 Å². The van der Waals surface area contributed by atoms with Crippen LogP contribution in [0.15, 0.2) is 24.3 Å². The number of piperazine rings is 1. The molecule has 0 spiro atoms. The molecule has 0 aromatic heterocycles. The van der Waals surface area contributed by atoms with Crippen LogP contribution in [0, 0.1) is 23.2 Å². The van der Waals surface area contributed by atoms with Crippen LogP contribution in [0.2, 0.25) is 0 Å². The molecule has 0 saturated carbocycles. The third kappa shape index (κ3) is 3.24. The van der Waals surface area contributed by atoms with Gasteiger partial charge >= 0.3 is 0 Å². The molecule has 2 rings (SSSR count). The lowest BCUT2D eigenvalue weighted by Crippen LogP contribution is -2.43. The number of anilines is 1. The van der Waals surface area contributed by atoms with Crippen molar-refractivity contribution in [2.24, 2.45) is 0 Å². The van der Waals surface area contributed by atoms with Crippen LogP contribution in [0.4, 0.5) is 5.69 Å². The van der Waals surface area contributed by atoms with Gasteiger partial charge in [0.05, 0.1) is 12.5 Å². The molecule has 1 heterocycles. The largest absolute Gasteiger partial charge is 0.369 e. The Morgan fingerprint density at radius 1 is 1.18 bits per heavy atom. The zero-order valence-corrected chi connectivity index (χ0v) is 9.74. The van der Waals surface area contributed by atoms with Crippen molar-refractivity contribution in [1.82, 2.24) is 5.32 Å². The van der Waals surface area contributed by atoms with Crippen LogP contribution in [0.25, 0.3) is 0 Å². The predicted molar refractivity (Wildman–Crippen MR) is 68.6 cm³/mol. The van der Waals surface area contributed by atoms with Crippen LogP contribution in [0.1, 0.15) is 12.0 Å². The van der Waals surface area contributed by atoms with Crippen molar-refractivity contribution in [1.29, 1.82) is 5.26 Å². The standard InChI is InChI=1S/C14H15N3/c15-8-2-1-3-13-4-6-14(7-5-13)17-11-9-16-10-12-17/h4-7,16H,2,9-12H2. The van der Waals surface area contributed by atoms with Gasteiger partial charge in [0.25, 0.3) is 0 Å². The topological polar surface area (TPSA) is 39.1 Å². The molecule has 1 aromatic carbocycles. The molecule has 0 aliphatic carbocycles. The van der Waals surface area contributed by atoms with E-state index in [0.29, 0.717) is 6.42 Å². The van der Waals surface area contributed by atoms with Gasteiger partial charge in [-0.25, -0.2) is 0 Å². The van der Waals surface area contributed by atoms with E-state index in [1.165, 1.54) is 5.69 Å². The highest BCUT2D eigenvalue weighted by Gasteiger charge is 2.09. The molecule has 1 aliphatic heterocycles. The second-order valence-corrected chi connectivity index (χ2v) is 3.92. The second-order valence-electron chi connectivity index (χ2n) is 3.92. The normalized spacial score (nSPS) is 14.6. The van der Waals surface area contributed by atoms with Gasteiger partial charge in [-0.15, -0.1) is 0 Å². The minimum absolute atomic E-state index is 0.291. The Balaban J connectivity index is 2.03. The minimum Gasteiger partial charge on any atom is -0.369 e. The molecule has 3 heteroatoms. The molecule has 0 unspecified atom stereocenters. The second kappa shape index (κ2) is 5.94. The van der Waals surface area contributed by atoms with Crippen LogP contribution in [0.5, 0.6) is 0 Å². The maximum absolute atomic E-state index is 8.39. The fraction of sp³-hybridized carbons (Fsp3) is 0.357. The average Bonchev–Trinajstić information content (AvgIpc) is 2.41. The number of nitriles is 1. The lowest BCUT2D eigenvalue weighted by molar-refractivity contribution is 0.589. The van der Waals surface area contributed by atoms with Crippen LogP contribution in [-0.4, -0.2) is 26.2 Å². The highest BCUT2D eigenvalue weighted by Crippen LogP contribution is 2.15. The highest BCUT2D eigenvalue weighted by atomic mass is 15.2. The van der Waals surface area contributed by atoms with E-state index in [1.807, 2.05) is 18.2 Å². The summed E-state index contributed by atoms with van der Waals surface area (Å²) in [6.07, 6.45) is 0.291. The molecular weight excluding hydrogens is 210 g/mol. The molecule has 0 radical (unpaired) electrons. The predicted octanol–water partition coefficient (Wildman–Crippen LogP) is 1.36. The van der Waals surface area contributed by atoms with E-state index >= 15 is 0 Å². The summed E-state index contributed by atoms with van der Waals surface area (Å²) in [6, 6.07) is 10.2. The third-order valence-corrected chi connectivity index (χ3v) is 2.75. The van der Waals surface area contributed by atoms with Crippen LogP contribution >= 0.6 is 0 Å². The summed E-state index contributed by atoms with van der Waals surface area (Å²) in [5.74, 6) is 5.79. The Hall–Kier alpha value is -1.97. The fourth-order valence-electron chi connectivity index (χ4n) is 1.86. The molecule has 1 N–H and O–H groups in total. The number of rotatable bonds is 1. The van der Waals surface area contributed by atoms with Crippen molar-refractivity contribution in [2.45, 2.75) is 6.42 Å². The quantitative estimate of drug-likeness (QED) is 0.733. The SMILES string of the molecule is N#CCC#Cc1ccc(N2CCNCC2)cc1. The molecule has 1 aromatic rings. The van der Waals surface area contributed by atoms with Crippen molar-refractivity contribution in [3.05, 3.63) is 29.8 Å². The van der Waals surface area contributed by atoms with Gasteiger partial charge in [0.1, 0.15) is 0 Å². The van der Waals surface area contributed by atoms with E-state index in [9.17, 15) is 0 Å². The Morgan fingerprint density at radius 3 is 2.53 bits per heavy atom. The van der Waals surface area contributed by atoms with Crippen LogP contribution < -0.4 is 10.2 Å². The van der Waals surface area contributed by atoms with E-state index in [2.05, 4.69) is 34.2 Å². The van der Waals surface area contributed by atoms with Gasteiger partial charge in [0.15, 0.2) is 0 Å². The molecule has 1 aliphatic rings. The molecule has 17 heavy (non-hydrogen) atoms. The smallest absolute Gasteiger partial charge is 0.0966 e. The zero-order valence-electron chi connectivity index (χ0n) is 9.74. The van der Waals surface area contributed by atoms with Gasteiger partial charge in [-0.05, 0) is 24.3 Å². The number of nitrogens with one attached hydrogen (secondary N) is 1. The Labute approximate surface area is 102 Å². The molecule has 86 valence electrons. The van der Waals surface area contributed by atoms with Crippen molar-refractivity contribution in [2.75, 3.05) is 31.1 Å².